The van der Waals surface area contributed by atoms with Crippen molar-refractivity contribution in [1.82, 2.24) is 5.32 Å². The lowest BCUT2D eigenvalue weighted by Crippen LogP contribution is -2.30. The maximum absolute atomic E-state index is 14.0. The van der Waals surface area contributed by atoms with Crippen molar-refractivity contribution in [3.63, 3.8) is 0 Å². The summed E-state index contributed by atoms with van der Waals surface area (Å²) < 4.78 is 14.0. The van der Waals surface area contributed by atoms with Crippen LogP contribution in [0.15, 0.2) is 12.1 Å². The molecule has 4 unspecified atom stereocenters. The topological polar surface area (TPSA) is 55.1 Å². The van der Waals surface area contributed by atoms with Crippen LogP contribution >= 0.6 is 0 Å². The van der Waals surface area contributed by atoms with E-state index in [1.807, 2.05) is 0 Å². The Labute approximate surface area is 117 Å². The van der Waals surface area contributed by atoms with Gasteiger partial charge in [0.05, 0.1) is 5.56 Å². The number of benzene rings is 1. The third-order valence-corrected chi connectivity index (χ3v) is 5.55. The molecule has 0 heterocycles. The molecule has 4 heteroatoms. The molecule has 1 aromatic rings. The first-order chi connectivity index (χ1) is 9.56. The molecule has 4 atom stereocenters. The Morgan fingerprint density at radius 1 is 1.30 bits per heavy atom. The van der Waals surface area contributed by atoms with Crippen LogP contribution in [-0.2, 0) is 0 Å². The molecule has 0 aromatic heterocycles. The van der Waals surface area contributed by atoms with Crippen LogP contribution in [0.1, 0.15) is 35.2 Å². The van der Waals surface area contributed by atoms with E-state index < -0.39 is 5.82 Å². The third kappa shape index (κ3) is 1.60. The number of rotatable bonds is 2. The van der Waals surface area contributed by atoms with Crippen molar-refractivity contribution in [3.8, 4) is 0 Å². The minimum atomic E-state index is -0.453. The Hall–Kier alpha value is -1.58. The average molecular weight is 274 g/mol. The highest BCUT2D eigenvalue weighted by molar-refractivity contribution is 5.96. The van der Waals surface area contributed by atoms with Crippen LogP contribution in [-0.4, -0.2) is 11.9 Å². The number of amides is 1. The molecule has 3 aliphatic rings. The zero-order chi connectivity index (χ0) is 14.0. The summed E-state index contributed by atoms with van der Waals surface area (Å²) in [6.45, 7) is 1.63. The number of nitrogens with two attached hydrogens (primary N) is 1. The highest BCUT2D eigenvalue weighted by Crippen LogP contribution is 2.65. The molecule has 3 saturated carbocycles. The Morgan fingerprint density at radius 3 is 2.60 bits per heavy atom. The number of aryl methyl sites for hydroxylation is 1. The van der Waals surface area contributed by atoms with Crippen molar-refractivity contribution in [3.05, 3.63) is 29.1 Å². The van der Waals surface area contributed by atoms with Crippen LogP contribution in [0.4, 0.5) is 10.1 Å². The van der Waals surface area contributed by atoms with Crippen LogP contribution in [0, 0.1) is 36.4 Å². The smallest absolute Gasteiger partial charge is 0.254 e. The lowest BCUT2D eigenvalue weighted by atomic mass is 10.0. The molecule has 2 bridgehead atoms. The van der Waals surface area contributed by atoms with Gasteiger partial charge in [-0.2, -0.15) is 0 Å². The molecule has 20 heavy (non-hydrogen) atoms. The molecule has 3 fully saturated rings. The zero-order valence-corrected chi connectivity index (χ0v) is 11.5. The molecule has 0 saturated heterocycles. The molecule has 0 aliphatic heterocycles. The molecule has 0 spiro atoms. The van der Waals surface area contributed by atoms with Crippen LogP contribution < -0.4 is 11.1 Å². The molecule has 4 rings (SSSR count). The second-order valence-electron chi connectivity index (χ2n) is 6.69. The summed E-state index contributed by atoms with van der Waals surface area (Å²) in [5.74, 6) is 2.14. The normalized spacial score (nSPS) is 36.8. The summed E-state index contributed by atoms with van der Waals surface area (Å²) in [6, 6.07) is 3.26. The molecule has 3 aliphatic carbocycles. The van der Waals surface area contributed by atoms with E-state index in [9.17, 15) is 9.18 Å². The fourth-order valence-corrected chi connectivity index (χ4v) is 4.71. The van der Waals surface area contributed by atoms with Crippen molar-refractivity contribution in [1.29, 1.82) is 0 Å². The van der Waals surface area contributed by atoms with E-state index in [0.29, 0.717) is 23.1 Å². The number of anilines is 1. The number of nitrogens with one attached hydrogen (secondary N) is 1. The summed E-state index contributed by atoms with van der Waals surface area (Å²) >= 11 is 0. The van der Waals surface area contributed by atoms with E-state index >= 15 is 0 Å². The number of fused-ring (bicyclic) bond motifs is 5. The van der Waals surface area contributed by atoms with Crippen molar-refractivity contribution in [2.24, 2.45) is 23.7 Å². The molecular weight excluding hydrogens is 255 g/mol. The van der Waals surface area contributed by atoms with E-state index in [-0.39, 0.29) is 17.5 Å². The van der Waals surface area contributed by atoms with Gasteiger partial charge in [0, 0.05) is 11.7 Å². The lowest BCUT2D eigenvalue weighted by molar-refractivity contribution is 0.0940. The van der Waals surface area contributed by atoms with Gasteiger partial charge < -0.3 is 11.1 Å². The average Bonchev–Trinajstić information content (AvgIpc) is 2.81. The highest BCUT2D eigenvalue weighted by atomic mass is 19.1. The quantitative estimate of drug-likeness (QED) is 0.814. The molecule has 106 valence electrons. The lowest BCUT2D eigenvalue weighted by Gasteiger charge is -2.12. The monoisotopic (exact) mass is 274 g/mol. The molecule has 3 nitrogen and oxygen atoms in total. The largest absolute Gasteiger partial charge is 0.399 e. The van der Waals surface area contributed by atoms with Crippen LogP contribution in [0.3, 0.4) is 0 Å². The standard InChI is InChI=1S/C16H19FN2O/c1-7-4-10(18)6-11(14(7)17)16(20)19-15-12-8-2-3-9(5-8)13(12)15/h4,6,8-9,12-13,15H,2-3,5,18H2,1H3,(H,19,20). The third-order valence-electron chi connectivity index (χ3n) is 5.55. The maximum Gasteiger partial charge on any atom is 0.254 e. The van der Waals surface area contributed by atoms with Gasteiger partial charge in [-0.1, -0.05) is 0 Å². The number of carbonyl (C=O) groups is 1. The van der Waals surface area contributed by atoms with Gasteiger partial charge in [0.1, 0.15) is 5.82 Å². The van der Waals surface area contributed by atoms with Gasteiger partial charge in [-0.25, -0.2) is 4.39 Å². The summed E-state index contributed by atoms with van der Waals surface area (Å²) in [7, 11) is 0. The molecule has 0 radical (unpaired) electrons. The second kappa shape index (κ2) is 3.96. The van der Waals surface area contributed by atoms with Gasteiger partial charge in [-0.3, -0.25) is 4.79 Å². The molecule has 1 amide bonds. The van der Waals surface area contributed by atoms with E-state index in [0.717, 1.165) is 11.8 Å². The Morgan fingerprint density at radius 2 is 1.95 bits per heavy atom. The van der Waals surface area contributed by atoms with Gasteiger partial charge >= 0.3 is 0 Å². The predicted molar refractivity (Wildman–Crippen MR) is 74.6 cm³/mol. The number of nitrogen functional groups attached to an aromatic ring is 1. The van der Waals surface area contributed by atoms with Crippen LogP contribution in [0.2, 0.25) is 0 Å². The summed E-state index contributed by atoms with van der Waals surface area (Å²) in [4.78, 5) is 12.3. The zero-order valence-electron chi connectivity index (χ0n) is 11.5. The maximum atomic E-state index is 14.0. The van der Waals surface area contributed by atoms with Gasteiger partial charge in [0.2, 0.25) is 0 Å². The number of hydrogen-bond acceptors (Lipinski definition) is 2. The molecule has 1 aromatic carbocycles. The SMILES string of the molecule is Cc1cc(N)cc(C(=O)NC2C3C4CCC(C4)C23)c1F. The number of carbonyl (C=O) groups excluding carboxylic acids is 1. The van der Waals surface area contributed by atoms with Crippen LogP contribution in [0.5, 0.6) is 0 Å². The fraction of sp³-hybridized carbons (Fsp3) is 0.562. The van der Waals surface area contributed by atoms with E-state index in [4.69, 9.17) is 5.73 Å². The highest BCUT2D eigenvalue weighted by Gasteiger charge is 2.65. The Bertz CT molecular complexity index is 584. The van der Waals surface area contributed by atoms with Crippen molar-refractivity contribution >= 4 is 11.6 Å². The first-order valence-corrected chi connectivity index (χ1v) is 7.42. The Balaban J connectivity index is 1.52. The number of hydrogen-bond donors (Lipinski definition) is 2. The van der Waals surface area contributed by atoms with E-state index in [1.165, 1.54) is 25.3 Å². The summed E-state index contributed by atoms with van der Waals surface area (Å²) in [5, 5.41) is 3.03. The van der Waals surface area contributed by atoms with Crippen LogP contribution in [0.25, 0.3) is 0 Å². The number of halogens is 1. The van der Waals surface area contributed by atoms with Gasteiger partial charge in [-0.05, 0) is 67.6 Å². The van der Waals surface area contributed by atoms with Gasteiger partial charge in [0.15, 0.2) is 0 Å². The predicted octanol–water partition coefficient (Wildman–Crippen LogP) is 2.49. The molecule has 3 N–H and O–H groups in total. The molecular formula is C16H19FN2O. The second-order valence-corrected chi connectivity index (χ2v) is 6.69. The van der Waals surface area contributed by atoms with Crippen molar-refractivity contribution in [2.45, 2.75) is 32.2 Å². The van der Waals surface area contributed by atoms with Gasteiger partial charge in [0.25, 0.3) is 5.91 Å². The Kier molecular flexibility index (Phi) is 2.41. The van der Waals surface area contributed by atoms with E-state index in [2.05, 4.69) is 5.32 Å². The van der Waals surface area contributed by atoms with Crippen molar-refractivity contribution < 1.29 is 9.18 Å². The summed E-state index contributed by atoms with van der Waals surface area (Å²) in [6.07, 6.45) is 3.96. The van der Waals surface area contributed by atoms with Gasteiger partial charge in [-0.15, -0.1) is 0 Å². The van der Waals surface area contributed by atoms with E-state index in [1.54, 1.807) is 13.0 Å². The van der Waals surface area contributed by atoms with Crippen molar-refractivity contribution in [2.75, 3.05) is 5.73 Å². The summed E-state index contributed by atoms with van der Waals surface area (Å²) in [5.41, 5.74) is 6.65. The minimum absolute atomic E-state index is 0.0832. The first-order valence-electron chi connectivity index (χ1n) is 7.42. The fourth-order valence-electron chi connectivity index (χ4n) is 4.71. The first kappa shape index (κ1) is 12.2. The minimum Gasteiger partial charge on any atom is -0.399 e.